The molecule has 2 aliphatic rings. The maximum Gasteiger partial charge on any atom is 0.231 e. The van der Waals surface area contributed by atoms with Gasteiger partial charge in [0, 0.05) is 35.8 Å². The van der Waals surface area contributed by atoms with Crippen molar-refractivity contribution >= 4 is 26.6 Å². The largest absolute Gasteiger partial charge is 0.361 e. The van der Waals surface area contributed by atoms with Crippen LogP contribution in [0.4, 0.5) is 0 Å². The van der Waals surface area contributed by atoms with E-state index in [-0.39, 0.29) is 10.8 Å². The van der Waals surface area contributed by atoms with Gasteiger partial charge in [0.1, 0.15) is 0 Å². The summed E-state index contributed by atoms with van der Waals surface area (Å²) in [7, 11) is -3.83. The van der Waals surface area contributed by atoms with Crippen molar-refractivity contribution in [2.75, 3.05) is 19.6 Å². The number of amides is 1. The molecular formula is C23H25N3O3S. The van der Waals surface area contributed by atoms with E-state index in [1.165, 1.54) is 0 Å². The molecule has 6 nitrogen and oxygen atoms in total. The first kappa shape index (κ1) is 19.3. The van der Waals surface area contributed by atoms with E-state index in [0.717, 1.165) is 29.4 Å². The van der Waals surface area contributed by atoms with Crippen LogP contribution in [-0.4, -0.2) is 43.8 Å². The van der Waals surface area contributed by atoms with Crippen LogP contribution in [0.15, 0.2) is 59.6 Å². The van der Waals surface area contributed by atoms with E-state index < -0.39 is 20.6 Å². The van der Waals surface area contributed by atoms with Gasteiger partial charge >= 0.3 is 0 Å². The summed E-state index contributed by atoms with van der Waals surface area (Å²) in [5, 5.41) is 3.06. The van der Waals surface area contributed by atoms with E-state index in [9.17, 15) is 13.2 Å². The van der Waals surface area contributed by atoms with E-state index in [1.54, 1.807) is 35.4 Å². The van der Waals surface area contributed by atoms with Gasteiger partial charge in [0.05, 0.1) is 10.3 Å². The van der Waals surface area contributed by atoms with Gasteiger partial charge in [-0.15, -0.1) is 0 Å². The lowest BCUT2D eigenvalue weighted by Gasteiger charge is -2.30. The van der Waals surface area contributed by atoms with Crippen LogP contribution in [0.2, 0.25) is 0 Å². The summed E-state index contributed by atoms with van der Waals surface area (Å²) in [5.74, 6) is -0.0570. The number of nitrogens with zero attached hydrogens (tertiary/aromatic N) is 1. The van der Waals surface area contributed by atoms with Crippen LogP contribution < -0.4 is 5.32 Å². The Kier molecular flexibility index (Phi) is 4.48. The fraction of sp³-hybridized carbons (Fsp3) is 0.348. The van der Waals surface area contributed by atoms with Gasteiger partial charge in [-0.2, -0.15) is 0 Å². The normalized spacial score (nSPS) is 23.0. The Balaban J connectivity index is 1.67. The molecule has 2 saturated heterocycles. The second-order valence-electron chi connectivity index (χ2n) is 8.46. The summed E-state index contributed by atoms with van der Waals surface area (Å²) in [6.45, 7) is 3.78. The van der Waals surface area contributed by atoms with Crippen molar-refractivity contribution in [2.24, 2.45) is 5.41 Å². The van der Waals surface area contributed by atoms with Crippen LogP contribution in [-0.2, 0) is 14.6 Å². The third-order valence-corrected chi connectivity index (χ3v) is 8.63. The molecule has 156 valence electrons. The van der Waals surface area contributed by atoms with E-state index in [2.05, 4.69) is 10.3 Å². The highest BCUT2D eigenvalue weighted by Crippen LogP contribution is 2.45. The van der Waals surface area contributed by atoms with E-state index in [1.807, 2.05) is 31.2 Å². The SMILES string of the molecule is Cc1ccc(S(=O)(=O)C(c2c[nH]c3ccccc23)N2CCC3(CCNC3)C2=O)cc1. The van der Waals surface area contributed by atoms with Crippen molar-refractivity contribution in [3.05, 3.63) is 65.9 Å². The van der Waals surface area contributed by atoms with Gasteiger partial charge in [0.15, 0.2) is 5.37 Å². The minimum atomic E-state index is -3.83. The molecule has 1 spiro atoms. The van der Waals surface area contributed by atoms with Gasteiger partial charge in [-0.1, -0.05) is 35.9 Å². The number of nitrogens with one attached hydrogen (secondary N) is 2. The van der Waals surface area contributed by atoms with Crippen molar-refractivity contribution in [1.82, 2.24) is 15.2 Å². The zero-order valence-corrected chi connectivity index (χ0v) is 17.7. The monoisotopic (exact) mass is 423 g/mol. The number of aryl methyl sites for hydroxylation is 1. The third kappa shape index (κ3) is 2.87. The first-order valence-corrected chi connectivity index (χ1v) is 11.9. The highest BCUT2D eigenvalue weighted by atomic mass is 32.2. The molecule has 3 aromatic rings. The summed E-state index contributed by atoms with van der Waals surface area (Å²) in [4.78, 5) is 18.6. The minimum Gasteiger partial charge on any atom is -0.361 e. The van der Waals surface area contributed by atoms with Crippen molar-refractivity contribution in [2.45, 2.75) is 30.0 Å². The minimum absolute atomic E-state index is 0.0570. The molecule has 0 radical (unpaired) electrons. The molecule has 1 aromatic heterocycles. The number of hydrogen-bond acceptors (Lipinski definition) is 4. The lowest BCUT2D eigenvalue weighted by atomic mass is 9.86. The number of benzene rings is 2. The Bertz CT molecular complexity index is 1210. The third-order valence-electron chi connectivity index (χ3n) is 6.60. The van der Waals surface area contributed by atoms with Gasteiger partial charge in [-0.25, -0.2) is 8.42 Å². The van der Waals surface area contributed by atoms with Crippen LogP contribution in [0.25, 0.3) is 10.9 Å². The van der Waals surface area contributed by atoms with Gasteiger partial charge < -0.3 is 15.2 Å². The molecule has 30 heavy (non-hydrogen) atoms. The average Bonchev–Trinajstić information content (AvgIpc) is 3.45. The van der Waals surface area contributed by atoms with E-state index in [4.69, 9.17) is 0 Å². The summed E-state index contributed by atoms with van der Waals surface area (Å²) in [5.41, 5.74) is 2.00. The van der Waals surface area contributed by atoms with Gasteiger partial charge in [0.25, 0.3) is 0 Å². The number of carbonyl (C=O) groups excluding carboxylic acids is 1. The molecule has 0 bridgehead atoms. The number of hydrogen-bond donors (Lipinski definition) is 2. The van der Waals surface area contributed by atoms with Crippen LogP contribution >= 0.6 is 0 Å². The number of aromatic nitrogens is 1. The molecule has 2 aliphatic heterocycles. The number of carbonyl (C=O) groups is 1. The molecule has 0 aliphatic carbocycles. The molecule has 1 amide bonds. The zero-order valence-electron chi connectivity index (χ0n) is 16.9. The van der Waals surface area contributed by atoms with Crippen molar-refractivity contribution in [1.29, 1.82) is 0 Å². The van der Waals surface area contributed by atoms with Crippen LogP contribution in [0.5, 0.6) is 0 Å². The predicted octanol–water partition coefficient (Wildman–Crippen LogP) is 3.16. The van der Waals surface area contributed by atoms with Gasteiger partial charge in [0.2, 0.25) is 15.7 Å². The smallest absolute Gasteiger partial charge is 0.231 e. The van der Waals surface area contributed by atoms with Crippen molar-refractivity contribution < 1.29 is 13.2 Å². The maximum absolute atomic E-state index is 13.9. The number of rotatable bonds is 4. The van der Waals surface area contributed by atoms with Crippen LogP contribution in [0.1, 0.15) is 29.3 Å². The number of H-pyrrole nitrogens is 1. The average molecular weight is 424 g/mol. The summed E-state index contributed by atoms with van der Waals surface area (Å²) < 4.78 is 27.8. The zero-order chi connectivity index (χ0) is 20.9. The fourth-order valence-electron chi connectivity index (χ4n) is 4.87. The number of likely N-dealkylation sites (tertiary alicyclic amines) is 1. The number of para-hydroxylation sites is 1. The Hall–Kier alpha value is -2.64. The van der Waals surface area contributed by atoms with Gasteiger partial charge in [-0.3, -0.25) is 4.79 Å². The lowest BCUT2D eigenvalue weighted by molar-refractivity contribution is -0.136. The maximum atomic E-state index is 13.9. The molecule has 3 heterocycles. The highest BCUT2D eigenvalue weighted by molar-refractivity contribution is 7.91. The highest BCUT2D eigenvalue weighted by Gasteiger charge is 2.53. The second kappa shape index (κ2) is 6.96. The van der Waals surface area contributed by atoms with Crippen LogP contribution in [0, 0.1) is 12.3 Å². The first-order chi connectivity index (χ1) is 14.4. The Morgan fingerprint density at radius 2 is 1.83 bits per heavy atom. The van der Waals surface area contributed by atoms with Crippen molar-refractivity contribution in [3.8, 4) is 0 Å². The summed E-state index contributed by atoms with van der Waals surface area (Å²) >= 11 is 0. The van der Waals surface area contributed by atoms with Crippen LogP contribution in [0.3, 0.4) is 0 Å². The molecule has 2 unspecified atom stereocenters. The molecule has 2 fully saturated rings. The first-order valence-electron chi connectivity index (χ1n) is 10.3. The van der Waals surface area contributed by atoms with E-state index >= 15 is 0 Å². The van der Waals surface area contributed by atoms with E-state index in [0.29, 0.717) is 25.1 Å². The Morgan fingerprint density at radius 1 is 1.07 bits per heavy atom. The number of aromatic amines is 1. The topological polar surface area (TPSA) is 82.3 Å². The fourth-order valence-corrected chi connectivity index (χ4v) is 6.71. The summed E-state index contributed by atoms with van der Waals surface area (Å²) in [6, 6.07) is 14.5. The molecule has 2 atom stereocenters. The molecular weight excluding hydrogens is 398 g/mol. The number of sulfone groups is 1. The molecule has 7 heteroatoms. The number of fused-ring (bicyclic) bond motifs is 1. The second-order valence-corrected chi connectivity index (χ2v) is 10.5. The molecule has 0 saturated carbocycles. The molecule has 2 N–H and O–H groups in total. The van der Waals surface area contributed by atoms with Gasteiger partial charge in [-0.05, 0) is 44.5 Å². The summed E-state index contributed by atoms with van der Waals surface area (Å²) in [6.07, 6.45) is 3.18. The Labute approximate surface area is 176 Å². The predicted molar refractivity (Wildman–Crippen MR) is 116 cm³/mol. The lowest BCUT2D eigenvalue weighted by Crippen LogP contribution is -2.40. The molecule has 5 rings (SSSR count). The van der Waals surface area contributed by atoms with Crippen molar-refractivity contribution in [3.63, 3.8) is 0 Å². The quantitative estimate of drug-likeness (QED) is 0.675. The molecule has 2 aromatic carbocycles. The Morgan fingerprint density at radius 3 is 2.57 bits per heavy atom. The standard InChI is InChI=1S/C23H25N3O3S/c1-16-6-8-17(9-7-16)30(28,29)21(19-14-25-20-5-3-2-4-18(19)20)26-13-11-23(22(26)27)10-12-24-15-23/h2-9,14,21,24-25H,10-13,15H2,1H3.